The van der Waals surface area contributed by atoms with Crippen molar-refractivity contribution in [2.24, 2.45) is 0 Å². The molecule has 6 heteroatoms. The van der Waals surface area contributed by atoms with Crippen molar-refractivity contribution in [1.29, 1.82) is 0 Å². The molecule has 0 atom stereocenters. The van der Waals surface area contributed by atoms with E-state index in [0.29, 0.717) is 33.7 Å². The number of halogens is 1. The van der Waals surface area contributed by atoms with Crippen molar-refractivity contribution in [1.82, 2.24) is 4.90 Å². The first kappa shape index (κ1) is 19.2. The van der Waals surface area contributed by atoms with Crippen molar-refractivity contribution < 1.29 is 19.1 Å². The molecule has 1 heterocycles. The molecule has 0 saturated carbocycles. The van der Waals surface area contributed by atoms with Gasteiger partial charge in [0.2, 0.25) is 0 Å². The molecule has 3 aromatic carbocycles. The highest BCUT2D eigenvalue weighted by Gasteiger charge is 2.32. The number of ether oxygens (including phenoxy) is 1. The van der Waals surface area contributed by atoms with Crippen LogP contribution in [0.1, 0.15) is 39.1 Å². The molecule has 0 unspecified atom stereocenters. The quantitative estimate of drug-likeness (QED) is 0.347. The lowest BCUT2D eigenvalue weighted by Crippen LogP contribution is -2.41. The third-order valence-corrected chi connectivity index (χ3v) is 5.24. The minimum atomic E-state index is -0.461. The minimum absolute atomic E-state index is 0.0627. The van der Waals surface area contributed by atoms with Crippen LogP contribution >= 0.6 is 11.6 Å². The van der Waals surface area contributed by atoms with E-state index < -0.39 is 5.97 Å². The number of hydrogen-bond acceptors (Lipinski definition) is 4. The Hall–Kier alpha value is -3.18. The number of aryl methyl sites for hydroxylation is 1. The van der Waals surface area contributed by atoms with E-state index >= 15 is 0 Å². The van der Waals surface area contributed by atoms with Gasteiger partial charge in [-0.05, 0) is 48.6 Å². The van der Waals surface area contributed by atoms with Crippen LogP contribution < -0.4 is 4.74 Å². The van der Waals surface area contributed by atoms with Gasteiger partial charge in [-0.15, -0.1) is 0 Å². The molecule has 0 aromatic heterocycles. The van der Waals surface area contributed by atoms with E-state index in [9.17, 15) is 14.4 Å². The summed E-state index contributed by atoms with van der Waals surface area (Å²) in [6.07, 6.45) is 0.366. The van der Waals surface area contributed by atoms with Crippen LogP contribution in [0.5, 0.6) is 5.75 Å². The van der Waals surface area contributed by atoms with Crippen molar-refractivity contribution in [2.45, 2.75) is 19.8 Å². The number of amides is 2. The summed E-state index contributed by atoms with van der Waals surface area (Å²) in [6, 6.07) is 16.0. The van der Waals surface area contributed by atoms with Crippen molar-refractivity contribution >= 4 is 40.2 Å². The summed E-state index contributed by atoms with van der Waals surface area (Å²) >= 11 is 6.05. The summed E-state index contributed by atoms with van der Waals surface area (Å²) < 4.78 is 5.31. The Kier molecular flexibility index (Phi) is 5.07. The Morgan fingerprint density at radius 1 is 1.00 bits per heavy atom. The maximum absolute atomic E-state index is 12.8. The maximum Gasteiger partial charge on any atom is 0.311 e. The van der Waals surface area contributed by atoms with Gasteiger partial charge in [0.25, 0.3) is 11.8 Å². The van der Waals surface area contributed by atoms with E-state index in [0.717, 1.165) is 10.9 Å². The Morgan fingerprint density at radius 2 is 1.66 bits per heavy atom. The highest BCUT2D eigenvalue weighted by Crippen LogP contribution is 2.30. The highest BCUT2D eigenvalue weighted by atomic mass is 35.5. The second-order valence-corrected chi connectivity index (χ2v) is 7.39. The number of esters is 1. The average Bonchev–Trinajstić information content (AvgIpc) is 2.71. The van der Waals surface area contributed by atoms with E-state index in [-0.39, 0.29) is 24.8 Å². The summed E-state index contributed by atoms with van der Waals surface area (Å²) in [7, 11) is 0. The fourth-order valence-corrected chi connectivity index (χ4v) is 3.68. The smallest absolute Gasteiger partial charge is 0.311 e. The van der Waals surface area contributed by atoms with Gasteiger partial charge in [-0.25, -0.2) is 0 Å². The summed E-state index contributed by atoms with van der Waals surface area (Å²) in [5, 5.41) is 1.91. The van der Waals surface area contributed by atoms with E-state index in [1.54, 1.807) is 36.4 Å². The SMILES string of the molecule is Cc1ccc(Cl)c(OC(=O)CCCN2C(=O)c3cccc4cccc(c34)C2=O)c1. The minimum Gasteiger partial charge on any atom is -0.425 e. The van der Waals surface area contributed by atoms with Crippen molar-refractivity contribution in [2.75, 3.05) is 6.54 Å². The first-order valence-corrected chi connectivity index (χ1v) is 9.68. The van der Waals surface area contributed by atoms with Crippen LogP contribution in [0.4, 0.5) is 0 Å². The molecule has 1 aliphatic heterocycles. The van der Waals surface area contributed by atoms with Crippen molar-refractivity contribution in [3.63, 3.8) is 0 Å². The van der Waals surface area contributed by atoms with Crippen LogP contribution in [-0.2, 0) is 4.79 Å². The predicted molar refractivity (Wildman–Crippen MR) is 110 cm³/mol. The molecule has 0 saturated heterocycles. The Balaban J connectivity index is 1.44. The molecule has 3 aromatic rings. The largest absolute Gasteiger partial charge is 0.425 e. The van der Waals surface area contributed by atoms with Gasteiger partial charge in [-0.2, -0.15) is 0 Å². The number of carbonyl (C=O) groups is 3. The lowest BCUT2D eigenvalue weighted by Gasteiger charge is -2.27. The lowest BCUT2D eigenvalue weighted by molar-refractivity contribution is -0.134. The summed E-state index contributed by atoms with van der Waals surface area (Å²) in [5.41, 5.74) is 1.94. The molecule has 0 bridgehead atoms. The molecule has 5 nitrogen and oxygen atoms in total. The summed E-state index contributed by atoms with van der Waals surface area (Å²) in [4.78, 5) is 39.0. The van der Waals surface area contributed by atoms with Gasteiger partial charge in [0.05, 0.1) is 5.02 Å². The summed E-state index contributed by atoms with van der Waals surface area (Å²) in [6.45, 7) is 2.01. The third-order valence-electron chi connectivity index (χ3n) is 4.93. The normalized spacial score (nSPS) is 13.1. The fraction of sp³-hybridized carbons (Fsp3) is 0.174. The van der Waals surface area contributed by atoms with E-state index in [4.69, 9.17) is 16.3 Å². The average molecular weight is 408 g/mol. The van der Waals surface area contributed by atoms with Gasteiger partial charge in [-0.3, -0.25) is 19.3 Å². The van der Waals surface area contributed by atoms with Crippen LogP contribution in [0, 0.1) is 6.92 Å². The van der Waals surface area contributed by atoms with Crippen LogP contribution in [0.25, 0.3) is 10.8 Å². The number of carbonyl (C=O) groups excluding carboxylic acids is 3. The van der Waals surface area contributed by atoms with Gasteiger partial charge in [-0.1, -0.05) is 41.9 Å². The topological polar surface area (TPSA) is 63.7 Å². The molecule has 1 aliphatic rings. The molecule has 2 amide bonds. The highest BCUT2D eigenvalue weighted by molar-refractivity contribution is 6.32. The van der Waals surface area contributed by atoms with Gasteiger partial charge in [0.15, 0.2) is 0 Å². The van der Waals surface area contributed by atoms with Gasteiger partial charge in [0, 0.05) is 29.5 Å². The summed E-state index contributed by atoms with van der Waals surface area (Å²) in [5.74, 6) is -0.830. The number of rotatable bonds is 5. The van der Waals surface area contributed by atoms with Crippen LogP contribution in [0.15, 0.2) is 54.6 Å². The van der Waals surface area contributed by atoms with E-state index in [2.05, 4.69) is 0 Å². The van der Waals surface area contributed by atoms with Crippen LogP contribution in [-0.4, -0.2) is 29.2 Å². The molecule has 29 heavy (non-hydrogen) atoms. The van der Waals surface area contributed by atoms with Crippen molar-refractivity contribution in [3.8, 4) is 5.75 Å². The molecular weight excluding hydrogens is 390 g/mol. The Labute approximate surface area is 172 Å². The zero-order chi connectivity index (χ0) is 20.5. The first-order valence-electron chi connectivity index (χ1n) is 9.30. The molecule has 146 valence electrons. The number of hydrogen-bond donors (Lipinski definition) is 0. The Bertz CT molecular complexity index is 1100. The molecule has 4 rings (SSSR count). The van der Waals surface area contributed by atoms with Gasteiger partial charge < -0.3 is 4.74 Å². The zero-order valence-electron chi connectivity index (χ0n) is 15.8. The van der Waals surface area contributed by atoms with Crippen LogP contribution in [0.2, 0.25) is 5.02 Å². The lowest BCUT2D eigenvalue weighted by atomic mass is 9.94. The molecule has 0 N–H and O–H groups in total. The van der Waals surface area contributed by atoms with Crippen LogP contribution in [0.3, 0.4) is 0 Å². The zero-order valence-corrected chi connectivity index (χ0v) is 16.5. The monoisotopic (exact) mass is 407 g/mol. The van der Waals surface area contributed by atoms with Gasteiger partial charge >= 0.3 is 5.97 Å². The Morgan fingerprint density at radius 3 is 2.31 bits per heavy atom. The first-order chi connectivity index (χ1) is 14.0. The predicted octanol–water partition coefficient (Wildman–Crippen LogP) is 4.78. The molecule has 0 radical (unpaired) electrons. The third kappa shape index (κ3) is 3.61. The maximum atomic E-state index is 12.8. The molecule has 0 fully saturated rings. The molecule has 0 spiro atoms. The second kappa shape index (κ2) is 7.68. The molecule has 0 aliphatic carbocycles. The van der Waals surface area contributed by atoms with Crippen molar-refractivity contribution in [3.05, 3.63) is 76.3 Å². The second-order valence-electron chi connectivity index (χ2n) is 6.98. The number of imide groups is 1. The van der Waals surface area contributed by atoms with E-state index in [1.807, 2.05) is 25.1 Å². The van der Waals surface area contributed by atoms with E-state index in [1.165, 1.54) is 4.90 Å². The molecular formula is C23H18ClNO4. The number of benzene rings is 3. The van der Waals surface area contributed by atoms with Gasteiger partial charge in [0.1, 0.15) is 5.75 Å². The number of nitrogens with zero attached hydrogens (tertiary/aromatic N) is 1. The fourth-order valence-electron chi connectivity index (χ4n) is 3.53. The standard InChI is InChI=1S/C23H18ClNO4/c1-14-10-11-18(24)19(13-14)29-20(26)9-4-12-25-22(27)16-7-2-5-15-6-3-8-17(21(15)16)23(25)28/h2-3,5-8,10-11,13H,4,9,12H2,1H3.